The lowest BCUT2D eigenvalue weighted by atomic mass is 9.97. The second-order valence-corrected chi connectivity index (χ2v) is 9.59. The number of likely N-dealkylation sites (tertiary alicyclic amines) is 1. The minimum atomic E-state index is -4.81. The molecule has 4 aromatic rings. The van der Waals surface area contributed by atoms with Crippen molar-refractivity contribution in [2.45, 2.75) is 25.1 Å². The third-order valence-electron chi connectivity index (χ3n) is 6.46. The Kier molecular flexibility index (Phi) is 7.38. The molecule has 0 bridgehead atoms. The van der Waals surface area contributed by atoms with E-state index in [9.17, 15) is 28.2 Å². The molecule has 2 unspecified atom stereocenters. The summed E-state index contributed by atoms with van der Waals surface area (Å²) >= 11 is 5.79. The number of carbonyl (C=O) groups is 1. The molecule has 204 valence electrons. The quantitative estimate of drug-likeness (QED) is 0.334. The van der Waals surface area contributed by atoms with Gasteiger partial charge in [0.2, 0.25) is 5.82 Å². The number of hydrogen-bond donors (Lipinski definition) is 2. The van der Waals surface area contributed by atoms with Crippen LogP contribution in [0, 0.1) is 5.92 Å². The minimum Gasteiger partial charge on any atom is -0.481 e. The lowest BCUT2D eigenvalue weighted by Gasteiger charge is -2.32. The summed E-state index contributed by atoms with van der Waals surface area (Å²) in [5, 5.41) is 27.8. The van der Waals surface area contributed by atoms with Crippen LogP contribution in [0.4, 0.5) is 13.2 Å². The number of pyridine rings is 1. The van der Waals surface area contributed by atoms with Crippen LogP contribution in [0.3, 0.4) is 0 Å². The monoisotopic (exact) mass is 562 g/mol. The van der Waals surface area contributed by atoms with Crippen molar-refractivity contribution in [3.8, 4) is 28.7 Å². The maximum Gasteiger partial charge on any atom is 0.434 e. The number of aliphatic hydroxyl groups excluding tert-OH is 1. The number of carboxylic acids is 1. The Balaban J connectivity index is 1.34. The smallest absolute Gasteiger partial charge is 0.434 e. The van der Waals surface area contributed by atoms with Crippen LogP contribution in [0.25, 0.3) is 28.7 Å². The number of benzene rings is 1. The number of carboxylic acid groups (broad SMARTS) is 1. The molecule has 0 amide bonds. The number of halogens is 4. The van der Waals surface area contributed by atoms with Gasteiger partial charge in [-0.2, -0.15) is 23.3 Å². The molecule has 10 nitrogen and oxygen atoms in total. The van der Waals surface area contributed by atoms with Gasteiger partial charge in [0.05, 0.1) is 28.8 Å². The van der Waals surface area contributed by atoms with Gasteiger partial charge >= 0.3 is 12.1 Å². The van der Waals surface area contributed by atoms with Crippen molar-refractivity contribution in [3.63, 3.8) is 0 Å². The molecule has 0 aliphatic carbocycles. The number of β-amino-alcohol motifs (C(OH)–C–C–N with tert-alkyl or cyclic N) is 1. The molecule has 4 heterocycles. The van der Waals surface area contributed by atoms with Gasteiger partial charge in [-0.3, -0.25) is 9.69 Å². The van der Waals surface area contributed by atoms with Gasteiger partial charge in [0.1, 0.15) is 0 Å². The van der Waals surface area contributed by atoms with Crippen molar-refractivity contribution in [2.24, 2.45) is 5.92 Å². The fourth-order valence-corrected chi connectivity index (χ4v) is 4.63. The Morgan fingerprint density at radius 3 is 2.62 bits per heavy atom. The molecule has 0 spiro atoms. The Morgan fingerprint density at radius 2 is 1.95 bits per heavy atom. The zero-order valence-electron chi connectivity index (χ0n) is 20.2. The summed E-state index contributed by atoms with van der Waals surface area (Å²) in [4.78, 5) is 21.3. The zero-order valence-corrected chi connectivity index (χ0v) is 21.0. The van der Waals surface area contributed by atoms with Crippen LogP contribution >= 0.6 is 11.6 Å². The Bertz CT molecular complexity index is 1460. The summed E-state index contributed by atoms with van der Waals surface area (Å²) in [6.07, 6.45) is -2.11. The van der Waals surface area contributed by atoms with Crippen LogP contribution in [0.1, 0.15) is 30.2 Å². The molecule has 1 aromatic carbocycles. The first kappa shape index (κ1) is 26.8. The molecule has 39 heavy (non-hydrogen) atoms. The second-order valence-electron chi connectivity index (χ2n) is 9.15. The van der Waals surface area contributed by atoms with E-state index >= 15 is 0 Å². The van der Waals surface area contributed by atoms with Crippen molar-refractivity contribution in [2.75, 3.05) is 19.6 Å². The number of piperidine rings is 1. The number of aliphatic carboxylic acids is 1. The van der Waals surface area contributed by atoms with Gasteiger partial charge < -0.3 is 14.7 Å². The van der Waals surface area contributed by atoms with Crippen LogP contribution in [0.2, 0.25) is 5.02 Å². The molecule has 2 atom stereocenters. The number of alkyl halides is 3. The van der Waals surface area contributed by atoms with Gasteiger partial charge in [0.15, 0.2) is 11.5 Å². The molecule has 2 N–H and O–H groups in total. The van der Waals surface area contributed by atoms with Crippen molar-refractivity contribution in [3.05, 3.63) is 65.1 Å². The van der Waals surface area contributed by atoms with E-state index in [0.717, 1.165) is 12.6 Å². The number of rotatable bonds is 7. The molecule has 3 aromatic heterocycles. The van der Waals surface area contributed by atoms with Gasteiger partial charge in [-0.1, -0.05) is 41.0 Å². The van der Waals surface area contributed by atoms with E-state index in [1.165, 1.54) is 18.3 Å². The molecular weight excluding hydrogens is 541 g/mol. The summed E-state index contributed by atoms with van der Waals surface area (Å²) < 4.78 is 47.8. The first-order valence-corrected chi connectivity index (χ1v) is 12.3. The maximum absolute atomic E-state index is 14.0. The molecule has 0 radical (unpaired) electrons. The fourth-order valence-electron chi connectivity index (χ4n) is 4.52. The van der Waals surface area contributed by atoms with Gasteiger partial charge in [0.25, 0.3) is 5.89 Å². The van der Waals surface area contributed by atoms with Crippen LogP contribution in [-0.4, -0.2) is 65.6 Å². The summed E-state index contributed by atoms with van der Waals surface area (Å²) in [6, 6.07) is 9.25. The third kappa shape index (κ3) is 5.79. The highest BCUT2D eigenvalue weighted by atomic mass is 35.5. The maximum atomic E-state index is 14.0. The van der Waals surface area contributed by atoms with E-state index in [1.807, 2.05) is 4.90 Å². The SMILES string of the molecule is O=C(O)C1CCCN(CC(O)c2ccc(-c3noc(-c4cnn(-c5ccc(Cl)cn5)c4C(F)(F)F)n3)cc2)C1. The topological polar surface area (TPSA) is 130 Å². The Morgan fingerprint density at radius 1 is 1.18 bits per heavy atom. The number of aromatic nitrogens is 5. The first-order chi connectivity index (χ1) is 18.6. The van der Waals surface area contributed by atoms with Gasteiger partial charge in [0, 0.05) is 24.8 Å². The molecule has 14 heteroatoms. The highest BCUT2D eigenvalue weighted by Gasteiger charge is 2.41. The molecule has 1 fully saturated rings. The van der Waals surface area contributed by atoms with E-state index in [0.29, 0.717) is 35.3 Å². The van der Waals surface area contributed by atoms with Crippen LogP contribution in [0.15, 0.2) is 53.3 Å². The normalized spacial score (nSPS) is 17.3. The fraction of sp³-hybridized carbons (Fsp3) is 0.320. The van der Waals surface area contributed by atoms with Crippen molar-refractivity contribution in [1.82, 2.24) is 29.8 Å². The summed E-state index contributed by atoms with van der Waals surface area (Å²) in [6.45, 7) is 1.36. The highest BCUT2D eigenvalue weighted by Crippen LogP contribution is 2.38. The van der Waals surface area contributed by atoms with Gasteiger partial charge in [-0.05, 0) is 37.1 Å². The predicted molar refractivity (Wildman–Crippen MR) is 132 cm³/mol. The zero-order chi connectivity index (χ0) is 27.7. The average Bonchev–Trinajstić information content (AvgIpc) is 3.57. The molecule has 1 saturated heterocycles. The molecule has 0 saturated carbocycles. The highest BCUT2D eigenvalue weighted by molar-refractivity contribution is 6.30. The van der Waals surface area contributed by atoms with E-state index in [-0.39, 0.29) is 29.1 Å². The summed E-state index contributed by atoms with van der Waals surface area (Å²) in [7, 11) is 0. The van der Waals surface area contributed by atoms with E-state index in [1.54, 1.807) is 24.3 Å². The van der Waals surface area contributed by atoms with Crippen LogP contribution in [-0.2, 0) is 11.0 Å². The molecular formula is C25H22ClF3N6O4. The average molecular weight is 563 g/mol. The lowest BCUT2D eigenvalue weighted by molar-refractivity contribution is -0.144. The first-order valence-electron chi connectivity index (χ1n) is 11.9. The van der Waals surface area contributed by atoms with E-state index < -0.39 is 35.4 Å². The largest absolute Gasteiger partial charge is 0.481 e. The third-order valence-corrected chi connectivity index (χ3v) is 6.69. The van der Waals surface area contributed by atoms with Gasteiger partial charge in [-0.15, -0.1) is 0 Å². The second kappa shape index (κ2) is 10.8. The molecule has 1 aliphatic heterocycles. The summed E-state index contributed by atoms with van der Waals surface area (Å²) in [5.74, 6) is -1.70. The van der Waals surface area contributed by atoms with Crippen LogP contribution in [0.5, 0.6) is 0 Å². The van der Waals surface area contributed by atoms with Crippen molar-refractivity contribution < 1.29 is 32.7 Å². The van der Waals surface area contributed by atoms with Gasteiger partial charge in [-0.25, -0.2) is 9.67 Å². The number of nitrogens with zero attached hydrogens (tertiary/aromatic N) is 6. The van der Waals surface area contributed by atoms with Crippen molar-refractivity contribution >= 4 is 17.6 Å². The van der Waals surface area contributed by atoms with E-state index in [4.69, 9.17) is 16.1 Å². The van der Waals surface area contributed by atoms with Crippen molar-refractivity contribution in [1.29, 1.82) is 0 Å². The number of aliphatic hydroxyl groups is 1. The predicted octanol–water partition coefficient (Wildman–Crippen LogP) is 4.49. The Hall–Kier alpha value is -3.81. The van der Waals surface area contributed by atoms with E-state index in [2.05, 4.69) is 20.2 Å². The Labute approximate surface area is 224 Å². The van der Waals surface area contributed by atoms with Crippen LogP contribution < -0.4 is 0 Å². The number of hydrogen-bond acceptors (Lipinski definition) is 8. The lowest BCUT2D eigenvalue weighted by Crippen LogP contribution is -2.40. The minimum absolute atomic E-state index is 0.0527. The molecule has 1 aliphatic rings. The summed E-state index contributed by atoms with van der Waals surface area (Å²) in [5.41, 5.74) is -0.485. The molecule has 5 rings (SSSR count). The standard InChI is InChI=1S/C25H22ClF3N6O4/c26-17-7-8-20(30-10-17)35-21(25(27,28)29)18(11-31-35)23-32-22(33-39-23)15-5-3-14(4-6-15)19(36)13-34-9-1-2-16(12-34)24(37)38/h3-8,10-11,16,19,36H,1-2,9,12-13H2,(H,37,38).